The number of carbonyl (C=O) groups is 1. The van der Waals surface area contributed by atoms with Gasteiger partial charge in [0.1, 0.15) is 11.6 Å². The molecule has 0 spiro atoms. The molecule has 9 nitrogen and oxygen atoms in total. The molecule has 0 aliphatic heterocycles. The highest BCUT2D eigenvalue weighted by molar-refractivity contribution is 7.92. The molecule has 43 heavy (non-hydrogen) atoms. The maximum absolute atomic E-state index is 13.8. The van der Waals surface area contributed by atoms with E-state index in [9.17, 15) is 18.5 Å². The van der Waals surface area contributed by atoms with Crippen LogP contribution in [0.25, 0.3) is 0 Å². The topological polar surface area (TPSA) is 132 Å². The van der Waals surface area contributed by atoms with E-state index in [2.05, 4.69) is 23.3 Å². The molecule has 3 N–H and O–H groups in total. The van der Waals surface area contributed by atoms with Crippen molar-refractivity contribution >= 4 is 27.6 Å². The predicted molar refractivity (Wildman–Crippen MR) is 171 cm³/mol. The molecular formula is C33H42N6O3S. The van der Waals surface area contributed by atoms with E-state index in [0.717, 1.165) is 28.4 Å². The third kappa shape index (κ3) is 8.55. The number of nitrogens with two attached hydrogens (primary N) is 1. The van der Waals surface area contributed by atoms with Crippen molar-refractivity contribution in [1.82, 2.24) is 10.3 Å². The van der Waals surface area contributed by atoms with Crippen molar-refractivity contribution in [2.45, 2.75) is 51.6 Å². The summed E-state index contributed by atoms with van der Waals surface area (Å²) in [6.07, 6.45) is 2.92. The number of amides is 1. The predicted octanol–water partition coefficient (Wildman–Crippen LogP) is 4.13. The SMILES string of the molecule is CCS(=O)(=O)N(C)c1cc(C(=O)N[C@@H](Cc2ccccc2)[C@@H](N)CCc2cccc(C#N)c2)cc(N(C)CC2CC2C)n1. The van der Waals surface area contributed by atoms with Crippen molar-refractivity contribution in [3.05, 3.63) is 89.0 Å². The average molecular weight is 603 g/mol. The summed E-state index contributed by atoms with van der Waals surface area (Å²) >= 11 is 0. The van der Waals surface area contributed by atoms with Gasteiger partial charge in [-0.2, -0.15) is 5.26 Å². The van der Waals surface area contributed by atoms with Crippen LogP contribution in [-0.4, -0.2) is 57.8 Å². The highest BCUT2D eigenvalue weighted by atomic mass is 32.2. The van der Waals surface area contributed by atoms with E-state index in [-0.39, 0.29) is 23.5 Å². The van der Waals surface area contributed by atoms with Gasteiger partial charge < -0.3 is 16.0 Å². The molecule has 0 bridgehead atoms. The van der Waals surface area contributed by atoms with Crippen LogP contribution in [0, 0.1) is 23.2 Å². The fourth-order valence-corrected chi connectivity index (χ4v) is 5.95. The van der Waals surface area contributed by atoms with Crippen LogP contribution >= 0.6 is 0 Å². The van der Waals surface area contributed by atoms with Crippen molar-refractivity contribution in [2.24, 2.45) is 17.6 Å². The Bertz CT molecular complexity index is 1560. The molecule has 1 amide bonds. The second kappa shape index (κ2) is 14.0. The minimum absolute atomic E-state index is 0.0857. The maximum atomic E-state index is 13.8. The quantitative estimate of drug-likeness (QED) is 0.284. The highest BCUT2D eigenvalue weighted by Crippen LogP contribution is 2.38. The number of rotatable bonds is 14. The van der Waals surface area contributed by atoms with E-state index >= 15 is 0 Å². The second-order valence-electron chi connectivity index (χ2n) is 11.6. The van der Waals surface area contributed by atoms with Gasteiger partial charge in [-0.25, -0.2) is 13.4 Å². The molecule has 228 valence electrons. The van der Waals surface area contributed by atoms with Gasteiger partial charge in [0.2, 0.25) is 10.0 Å². The number of hydrogen-bond acceptors (Lipinski definition) is 7. The van der Waals surface area contributed by atoms with Gasteiger partial charge in [0, 0.05) is 38.3 Å². The largest absolute Gasteiger partial charge is 0.359 e. The van der Waals surface area contributed by atoms with Crippen LogP contribution in [0.2, 0.25) is 0 Å². The van der Waals surface area contributed by atoms with Crippen molar-refractivity contribution in [3.63, 3.8) is 0 Å². The number of pyridine rings is 1. The second-order valence-corrected chi connectivity index (χ2v) is 13.9. The number of sulfonamides is 1. The van der Waals surface area contributed by atoms with E-state index in [0.29, 0.717) is 48.0 Å². The van der Waals surface area contributed by atoms with Gasteiger partial charge in [-0.3, -0.25) is 9.10 Å². The van der Waals surface area contributed by atoms with Crippen LogP contribution < -0.4 is 20.3 Å². The molecule has 4 rings (SSSR count). The van der Waals surface area contributed by atoms with Crippen LogP contribution in [0.5, 0.6) is 0 Å². The summed E-state index contributed by atoms with van der Waals surface area (Å²) in [5.74, 6) is 1.49. The molecule has 3 aromatic rings. The molecule has 4 atom stereocenters. The Morgan fingerprint density at radius 2 is 1.77 bits per heavy atom. The van der Waals surface area contributed by atoms with Crippen LogP contribution in [0.3, 0.4) is 0 Å². The van der Waals surface area contributed by atoms with Gasteiger partial charge >= 0.3 is 0 Å². The number of benzene rings is 2. The molecule has 0 radical (unpaired) electrons. The zero-order valence-corrected chi connectivity index (χ0v) is 26.2. The van der Waals surface area contributed by atoms with Crippen molar-refractivity contribution in [1.29, 1.82) is 5.26 Å². The lowest BCUT2D eigenvalue weighted by Crippen LogP contribution is -2.49. The molecule has 1 saturated carbocycles. The van der Waals surface area contributed by atoms with Crippen molar-refractivity contribution in [2.75, 3.05) is 35.6 Å². The lowest BCUT2D eigenvalue weighted by atomic mass is 9.94. The first-order chi connectivity index (χ1) is 20.5. The normalized spacial score (nSPS) is 17.4. The summed E-state index contributed by atoms with van der Waals surface area (Å²) in [6, 6.07) is 22.0. The van der Waals surface area contributed by atoms with Gasteiger partial charge in [0.15, 0.2) is 0 Å². The summed E-state index contributed by atoms with van der Waals surface area (Å²) in [5.41, 5.74) is 9.70. The molecule has 1 fully saturated rings. The number of anilines is 2. The fraction of sp³-hybridized carbons (Fsp3) is 0.424. The lowest BCUT2D eigenvalue weighted by Gasteiger charge is -2.27. The number of aromatic nitrogens is 1. The van der Waals surface area contributed by atoms with Crippen LogP contribution in [0.1, 0.15) is 53.7 Å². The van der Waals surface area contributed by atoms with E-state index in [1.165, 1.54) is 13.1 Å². The Balaban J connectivity index is 1.60. The summed E-state index contributed by atoms with van der Waals surface area (Å²) < 4.78 is 26.6. The molecule has 1 aromatic heterocycles. The number of hydrogen-bond donors (Lipinski definition) is 2. The minimum atomic E-state index is -3.59. The van der Waals surface area contributed by atoms with Crippen molar-refractivity contribution in [3.8, 4) is 6.07 Å². The number of nitrogens with one attached hydrogen (secondary N) is 1. The first-order valence-electron chi connectivity index (χ1n) is 14.8. The van der Waals surface area contributed by atoms with Gasteiger partial charge in [-0.15, -0.1) is 0 Å². The summed E-state index contributed by atoms with van der Waals surface area (Å²) in [4.78, 5) is 20.5. The Kier molecular flexibility index (Phi) is 10.4. The first-order valence-corrected chi connectivity index (χ1v) is 16.4. The number of nitrogens with zero attached hydrogens (tertiary/aromatic N) is 4. The molecule has 2 unspecified atom stereocenters. The molecule has 1 aliphatic rings. The van der Waals surface area contributed by atoms with Gasteiger partial charge in [0.05, 0.1) is 17.4 Å². The standard InChI is InChI=1S/C33H42N6O3S/c1-5-43(41,42)39(4)32-20-27(19-31(37-32)38(3)22-28-16-23(28)2)33(40)36-30(18-24-10-7-6-8-11-24)29(35)15-14-25-12-9-13-26(17-25)21-34/h6-13,17,19-20,23,28-30H,5,14-16,18,22,35H2,1-4H3,(H,36,40)/t23?,28?,29-,30-/m0/s1. The summed E-state index contributed by atoms with van der Waals surface area (Å²) in [5, 5.41) is 12.4. The Hall–Kier alpha value is -3.94. The monoisotopic (exact) mass is 602 g/mol. The fourth-order valence-electron chi connectivity index (χ4n) is 5.18. The van der Waals surface area contributed by atoms with Crippen molar-refractivity contribution < 1.29 is 13.2 Å². The van der Waals surface area contributed by atoms with Gasteiger partial charge in [-0.05, 0) is 79.8 Å². The molecule has 0 saturated heterocycles. The number of aryl methyl sites for hydroxylation is 1. The Labute approximate surface area is 255 Å². The Morgan fingerprint density at radius 3 is 2.42 bits per heavy atom. The third-order valence-electron chi connectivity index (χ3n) is 8.29. The van der Waals surface area contributed by atoms with Gasteiger partial charge in [-0.1, -0.05) is 49.4 Å². The van der Waals surface area contributed by atoms with E-state index in [4.69, 9.17) is 5.73 Å². The first kappa shape index (κ1) is 32.0. The van der Waals surface area contributed by atoms with Crippen LogP contribution in [0.4, 0.5) is 11.6 Å². The Morgan fingerprint density at radius 1 is 1.09 bits per heavy atom. The molecular weight excluding hydrogens is 560 g/mol. The van der Waals surface area contributed by atoms with E-state index in [1.807, 2.05) is 60.5 Å². The summed E-state index contributed by atoms with van der Waals surface area (Å²) in [7, 11) is -0.209. The molecule has 1 heterocycles. The van der Waals surface area contributed by atoms with E-state index < -0.39 is 16.1 Å². The summed E-state index contributed by atoms with van der Waals surface area (Å²) in [6.45, 7) is 4.56. The number of nitriles is 1. The molecule has 1 aliphatic carbocycles. The van der Waals surface area contributed by atoms with Gasteiger partial charge in [0.25, 0.3) is 5.91 Å². The lowest BCUT2D eigenvalue weighted by molar-refractivity contribution is 0.0929. The highest BCUT2D eigenvalue weighted by Gasteiger charge is 2.34. The van der Waals surface area contributed by atoms with Crippen LogP contribution in [0.15, 0.2) is 66.7 Å². The number of carbonyl (C=O) groups excluding carboxylic acids is 1. The zero-order chi connectivity index (χ0) is 31.1. The third-order valence-corrected chi connectivity index (χ3v) is 10.0. The van der Waals surface area contributed by atoms with Crippen LogP contribution in [-0.2, 0) is 22.9 Å². The smallest absolute Gasteiger partial charge is 0.251 e. The molecule has 2 aromatic carbocycles. The average Bonchev–Trinajstić information content (AvgIpc) is 3.72. The maximum Gasteiger partial charge on any atom is 0.251 e. The van der Waals surface area contributed by atoms with E-state index in [1.54, 1.807) is 19.1 Å². The zero-order valence-electron chi connectivity index (χ0n) is 25.4. The minimum Gasteiger partial charge on any atom is -0.359 e. The molecule has 10 heteroatoms.